The Kier molecular flexibility index (Phi) is 6.46. The molecule has 0 radical (unpaired) electrons. The first kappa shape index (κ1) is 28.3. The van der Waals surface area contributed by atoms with Crippen LogP contribution in [0.5, 0.6) is 0 Å². The molecule has 0 bridgehead atoms. The van der Waals surface area contributed by atoms with E-state index in [2.05, 4.69) is 60.3 Å². The van der Waals surface area contributed by atoms with E-state index >= 15 is 0 Å². The summed E-state index contributed by atoms with van der Waals surface area (Å²) in [6, 6.07) is 10.1. The largest absolute Gasteiger partial charge is 0.501 e. The molecule has 0 N–H and O–H groups in total. The lowest BCUT2D eigenvalue weighted by Crippen LogP contribution is -2.61. The second kappa shape index (κ2) is 9.35. The summed E-state index contributed by atoms with van der Waals surface area (Å²) in [7, 11) is 1.78. The Hall–Kier alpha value is -2.81. The monoisotopic (exact) mass is 552 g/mol. The van der Waals surface area contributed by atoms with Gasteiger partial charge in [-0.1, -0.05) is 89.3 Å². The van der Waals surface area contributed by atoms with Gasteiger partial charge < -0.3 is 9.47 Å². The average Bonchev–Trinajstić information content (AvgIpc) is 2.96. The summed E-state index contributed by atoms with van der Waals surface area (Å²) < 4.78 is 11.9. The fraction of sp³-hybridized carbons (Fsp3) is 0.553. The number of hydrogen-bond acceptors (Lipinski definition) is 3. The number of ketones is 1. The Labute approximate surface area is 247 Å². The highest BCUT2D eigenvalue weighted by Crippen LogP contribution is 2.75. The van der Waals surface area contributed by atoms with Crippen LogP contribution < -0.4 is 0 Å². The topological polar surface area (TPSA) is 35.5 Å². The second-order valence-corrected chi connectivity index (χ2v) is 15.0. The van der Waals surface area contributed by atoms with E-state index in [1.807, 2.05) is 36.4 Å². The van der Waals surface area contributed by atoms with Crippen molar-refractivity contribution in [3.63, 3.8) is 0 Å². The molecule has 0 spiro atoms. The third kappa shape index (κ3) is 3.93. The molecule has 5 aliphatic rings. The van der Waals surface area contributed by atoms with Crippen LogP contribution in [-0.4, -0.2) is 12.9 Å². The zero-order chi connectivity index (χ0) is 29.4. The Balaban J connectivity index is 1.38. The molecule has 3 saturated carbocycles. The van der Waals surface area contributed by atoms with Crippen LogP contribution in [0.3, 0.4) is 0 Å². The van der Waals surface area contributed by atoms with E-state index in [1.165, 1.54) is 36.0 Å². The van der Waals surface area contributed by atoms with Gasteiger partial charge in [0, 0.05) is 16.4 Å². The van der Waals surface area contributed by atoms with Gasteiger partial charge in [0.2, 0.25) is 5.78 Å². The Morgan fingerprint density at radius 1 is 0.951 bits per heavy atom. The first-order valence-electron chi connectivity index (χ1n) is 15.6. The van der Waals surface area contributed by atoms with Crippen LogP contribution in [0.15, 0.2) is 88.9 Å². The third-order valence-corrected chi connectivity index (χ3v) is 13.0. The number of rotatable bonds is 5. The highest BCUT2D eigenvalue weighted by atomic mass is 16.5. The lowest BCUT2D eigenvalue weighted by atomic mass is 9.34. The highest BCUT2D eigenvalue weighted by molar-refractivity contribution is 6.07. The average molecular weight is 553 g/mol. The summed E-state index contributed by atoms with van der Waals surface area (Å²) in [5, 5.41) is 0. The molecule has 0 amide bonds. The van der Waals surface area contributed by atoms with Crippen LogP contribution in [0.2, 0.25) is 0 Å². The van der Waals surface area contributed by atoms with E-state index in [0.717, 1.165) is 42.6 Å². The molecule has 1 aromatic carbocycles. The minimum atomic E-state index is -0.151. The quantitative estimate of drug-likeness (QED) is 0.341. The number of hydrogen-bond donors (Lipinski definition) is 0. The van der Waals surface area contributed by atoms with E-state index in [-0.39, 0.29) is 27.4 Å². The lowest BCUT2D eigenvalue weighted by Gasteiger charge is -2.70. The molecule has 6 rings (SSSR count). The van der Waals surface area contributed by atoms with E-state index in [0.29, 0.717) is 23.7 Å². The summed E-state index contributed by atoms with van der Waals surface area (Å²) in [4.78, 5) is 13.6. The summed E-state index contributed by atoms with van der Waals surface area (Å²) in [5.41, 5.74) is 6.38. The number of benzene rings is 1. The van der Waals surface area contributed by atoms with Gasteiger partial charge in [0.1, 0.15) is 6.61 Å². The van der Waals surface area contributed by atoms with Gasteiger partial charge >= 0.3 is 0 Å². The SMILES string of the molecule is C=C(OC)[C@]1(C)CC[C@]2(C)CC[C@]3(C)C4=CC=C5C(=CC(=O)C(OCc6ccccc6)=C5C)[C@]4(C)CC[C@@]3(C)[C@@H]2C1. The molecule has 1 aromatic rings. The zero-order valence-electron chi connectivity index (χ0n) is 26.3. The molecule has 218 valence electrons. The fourth-order valence-corrected chi connectivity index (χ4v) is 9.86. The van der Waals surface area contributed by atoms with Crippen LogP contribution >= 0.6 is 0 Å². The maximum absolute atomic E-state index is 13.6. The molecule has 41 heavy (non-hydrogen) atoms. The predicted molar refractivity (Wildman–Crippen MR) is 166 cm³/mol. The van der Waals surface area contributed by atoms with Gasteiger partial charge in [0.05, 0.1) is 12.9 Å². The third-order valence-electron chi connectivity index (χ3n) is 13.0. The number of fused-ring (bicyclic) bond motifs is 7. The number of allylic oxidation sites excluding steroid dienone is 8. The molecule has 3 fully saturated rings. The molecule has 3 heteroatoms. The molecule has 5 aliphatic carbocycles. The molecular formula is C38H48O3. The van der Waals surface area contributed by atoms with E-state index in [9.17, 15) is 4.79 Å². The summed E-state index contributed by atoms with van der Waals surface area (Å²) in [6.07, 6.45) is 14.8. The van der Waals surface area contributed by atoms with Crippen molar-refractivity contribution in [1.82, 2.24) is 0 Å². The minimum Gasteiger partial charge on any atom is -0.501 e. The Morgan fingerprint density at radius 3 is 2.37 bits per heavy atom. The smallest absolute Gasteiger partial charge is 0.221 e. The number of carbonyl (C=O) groups is 1. The van der Waals surface area contributed by atoms with Crippen LogP contribution in [0, 0.1) is 33.0 Å². The molecule has 0 aromatic heterocycles. The summed E-state index contributed by atoms with van der Waals surface area (Å²) in [5.74, 6) is 2.03. The van der Waals surface area contributed by atoms with Gasteiger partial charge in [0.25, 0.3) is 0 Å². The van der Waals surface area contributed by atoms with Crippen LogP contribution in [0.1, 0.15) is 92.1 Å². The van der Waals surface area contributed by atoms with E-state index < -0.39 is 0 Å². The molecule has 0 saturated heterocycles. The molecule has 6 atom stereocenters. The standard InChI is InChI=1S/C38H48O3/c1-25-28-14-15-31-36(5,29(28)22-30(39)33(25)41-24-27-12-10-9-11-13-27)19-21-38(7)32-23-35(4,26(2)40-8)17-16-34(32,3)18-20-37(31,38)6/h9-15,22,32H,2,16-21,23-24H2,1,3-8H3/t32-,34-,35-,36+,37-,38+/m1/s1. The van der Waals surface area contributed by atoms with Crippen molar-refractivity contribution in [3.05, 3.63) is 94.5 Å². The number of methoxy groups -OCH3 is 1. The van der Waals surface area contributed by atoms with Gasteiger partial charge in [-0.25, -0.2) is 0 Å². The molecule has 0 unspecified atom stereocenters. The molecule has 0 aliphatic heterocycles. The van der Waals surface area contributed by atoms with Gasteiger partial charge in [0.15, 0.2) is 5.76 Å². The van der Waals surface area contributed by atoms with Crippen LogP contribution in [-0.2, 0) is 20.9 Å². The van der Waals surface area contributed by atoms with Crippen molar-refractivity contribution in [2.45, 2.75) is 93.1 Å². The minimum absolute atomic E-state index is 0.00360. The molecular weight excluding hydrogens is 504 g/mol. The van der Waals surface area contributed by atoms with Gasteiger partial charge in [-0.3, -0.25) is 4.79 Å². The predicted octanol–water partition coefficient (Wildman–Crippen LogP) is 9.43. The van der Waals surface area contributed by atoms with Crippen LogP contribution in [0.4, 0.5) is 0 Å². The molecule has 0 heterocycles. The first-order chi connectivity index (χ1) is 19.3. The Morgan fingerprint density at radius 2 is 1.66 bits per heavy atom. The maximum Gasteiger partial charge on any atom is 0.221 e. The lowest BCUT2D eigenvalue weighted by molar-refractivity contribution is -0.160. The fourth-order valence-electron chi connectivity index (χ4n) is 9.86. The van der Waals surface area contributed by atoms with Crippen molar-refractivity contribution in [2.75, 3.05) is 7.11 Å². The van der Waals surface area contributed by atoms with Gasteiger partial charge in [-0.05, 0) is 96.8 Å². The van der Waals surface area contributed by atoms with Crippen molar-refractivity contribution >= 4 is 5.78 Å². The summed E-state index contributed by atoms with van der Waals surface area (Å²) in [6.45, 7) is 19.3. The molecule has 3 nitrogen and oxygen atoms in total. The normalized spacial score (nSPS) is 39.7. The summed E-state index contributed by atoms with van der Waals surface area (Å²) >= 11 is 0. The number of carbonyl (C=O) groups excluding carboxylic acids is 1. The maximum atomic E-state index is 13.6. The second-order valence-electron chi connectivity index (χ2n) is 15.0. The van der Waals surface area contributed by atoms with Crippen molar-refractivity contribution in [3.8, 4) is 0 Å². The van der Waals surface area contributed by atoms with Crippen LogP contribution in [0.25, 0.3) is 0 Å². The van der Waals surface area contributed by atoms with Crippen molar-refractivity contribution < 1.29 is 14.3 Å². The first-order valence-corrected chi connectivity index (χ1v) is 15.6. The van der Waals surface area contributed by atoms with E-state index in [1.54, 1.807) is 7.11 Å². The van der Waals surface area contributed by atoms with E-state index in [4.69, 9.17) is 9.47 Å². The van der Waals surface area contributed by atoms with Gasteiger partial charge in [-0.2, -0.15) is 0 Å². The van der Waals surface area contributed by atoms with Crippen molar-refractivity contribution in [2.24, 2.45) is 33.0 Å². The Bertz CT molecular complexity index is 1420. The zero-order valence-corrected chi connectivity index (χ0v) is 26.3. The van der Waals surface area contributed by atoms with Gasteiger partial charge in [-0.15, -0.1) is 0 Å². The number of ether oxygens (including phenoxy) is 2. The van der Waals surface area contributed by atoms with Crippen molar-refractivity contribution in [1.29, 1.82) is 0 Å². The highest BCUT2D eigenvalue weighted by Gasteiger charge is 2.67.